The van der Waals surface area contributed by atoms with Gasteiger partial charge in [0, 0.05) is 33.4 Å². The molecule has 0 saturated carbocycles. The maximum Gasteiger partial charge on any atom is 0.269 e. The number of carbonyl (C=O) groups excluding carboxylic acids is 2. The molecule has 0 bridgehead atoms. The molecule has 2 N–H and O–H groups in total. The number of nitrogens with one attached hydrogen (secondary N) is 2. The smallest absolute Gasteiger partial charge is 0.269 e. The van der Waals surface area contributed by atoms with Gasteiger partial charge in [0.2, 0.25) is 0 Å². The van der Waals surface area contributed by atoms with Crippen LogP contribution in [0.4, 0.5) is 0 Å². The first kappa shape index (κ1) is 67.0. The minimum Gasteiger partial charge on any atom is -0.494 e. The maximum absolute atomic E-state index is 12.8. The number of rotatable bonds is 46. The molecule has 2 amide bonds. The van der Waals surface area contributed by atoms with E-state index in [9.17, 15) is 9.59 Å². The van der Waals surface area contributed by atoms with Gasteiger partial charge < -0.3 is 9.47 Å². The molecule has 4 rings (SSSR count). The fourth-order valence-electron chi connectivity index (χ4n) is 10.3. The Labute approximate surface area is 488 Å². The predicted molar refractivity (Wildman–Crippen MR) is 340 cm³/mol. The van der Waals surface area contributed by atoms with Gasteiger partial charge in [-0.2, -0.15) is 0 Å². The topological polar surface area (TPSA) is 76.7 Å². The zero-order chi connectivity index (χ0) is 56.4. The lowest BCUT2D eigenvalue weighted by atomic mass is 10.0. The van der Waals surface area contributed by atoms with Crippen LogP contribution in [0.3, 0.4) is 0 Å². The van der Waals surface area contributed by atoms with Crippen LogP contribution in [0.1, 0.15) is 314 Å². The lowest BCUT2D eigenvalue weighted by molar-refractivity contribution is 0.0846. The van der Waals surface area contributed by atoms with Gasteiger partial charge in [-0.25, -0.2) is 0 Å². The van der Waals surface area contributed by atoms with Gasteiger partial charge >= 0.3 is 0 Å². The van der Waals surface area contributed by atoms with Gasteiger partial charge in [-0.1, -0.05) is 282 Å². The number of benzene rings is 4. The normalized spacial score (nSPS) is 10.9. The van der Waals surface area contributed by atoms with Crippen molar-refractivity contribution >= 4 is 11.8 Å². The zero-order valence-corrected chi connectivity index (χ0v) is 50.6. The average molecular weight is 1090 g/mol. The Kier molecular flexibility index (Phi) is 39.6. The Bertz CT molecular complexity index is 2100. The van der Waals surface area contributed by atoms with E-state index < -0.39 is 11.8 Å². The van der Waals surface area contributed by atoms with Gasteiger partial charge in [-0.3, -0.25) is 20.4 Å². The average Bonchev–Trinajstić information content (AvgIpc) is 3.49. The first-order valence-corrected chi connectivity index (χ1v) is 32.8. The molecule has 4 aromatic carbocycles. The molecule has 6 heteroatoms. The van der Waals surface area contributed by atoms with Gasteiger partial charge in [0.25, 0.3) is 11.8 Å². The van der Waals surface area contributed by atoms with E-state index in [-0.39, 0.29) is 0 Å². The van der Waals surface area contributed by atoms with Crippen LogP contribution in [0.2, 0.25) is 0 Å². The third kappa shape index (κ3) is 34.6. The van der Waals surface area contributed by atoms with E-state index in [1.54, 1.807) is 48.5 Å². The fraction of sp³-hybridized carbons (Fsp3) is 0.595. The molecule has 0 spiro atoms. The molecule has 6 nitrogen and oxygen atoms in total. The quantitative estimate of drug-likeness (QED) is 0.0263. The standard InChI is InChI=1S/C74H108N2O4/c1-3-5-7-9-11-13-15-17-19-21-23-25-27-29-31-33-35-37-39-41-63-79-71-59-51-67(52-60-71)45-43-65-47-55-69(56-48-65)73(77)75-76-74(78)70-57-49-66(50-58-70)44-46-68-53-61-72(62-54-68)80-64-42-40-38-36-34-32-30-28-26-24-22-20-18-16-14-12-10-8-6-4-2/h47-62H,3-42,63-64H2,1-2H3,(H,75,77)(H,76,78). The van der Waals surface area contributed by atoms with Crippen molar-refractivity contribution in [3.8, 4) is 35.2 Å². The molecule has 438 valence electrons. The predicted octanol–water partition coefficient (Wildman–Crippen LogP) is 21.0. The highest BCUT2D eigenvalue weighted by Gasteiger charge is 2.10. The molecule has 0 atom stereocenters. The highest BCUT2D eigenvalue weighted by Crippen LogP contribution is 2.19. The van der Waals surface area contributed by atoms with Crippen molar-refractivity contribution in [2.45, 2.75) is 271 Å². The molecule has 4 aromatic rings. The summed E-state index contributed by atoms with van der Waals surface area (Å²) in [6, 6.07) is 29.8. The molecule has 0 radical (unpaired) electrons. The van der Waals surface area contributed by atoms with Gasteiger partial charge in [0.15, 0.2) is 0 Å². The minimum atomic E-state index is -0.418. The number of amides is 2. The minimum absolute atomic E-state index is 0.411. The molecule has 80 heavy (non-hydrogen) atoms. The molecule has 0 aliphatic carbocycles. The van der Waals surface area contributed by atoms with Gasteiger partial charge in [0.1, 0.15) is 11.5 Å². The van der Waals surface area contributed by atoms with Crippen LogP contribution in [0.15, 0.2) is 97.1 Å². The molecule has 0 heterocycles. The van der Waals surface area contributed by atoms with E-state index in [0.29, 0.717) is 11.1 Å². The molecule has 0 saturated heterocycles. The number of unbranched alkanes of at least 4 members (excludes halogenated alkanes) is 38. The summed E-state index contributed by atoms with van der Waals surface area (Å²) < 4.78 is 12.0. The van der Waals surface area contributed by atoms with Crippen molar-refractivity contribution in [3.63, 3.8) is 0 Å². The van der Waals surface area contributed by atoms with Gasteiger partial charge in [0.05, 0.1) is 13.2 Å². The molecule has 0 fully saturated rings. The Morgan fingerprint density at radius 1 is 0.275 bits per heavy atom. The summed E-state index contributed by atoms with van der Waals surface area (Å²) >= 11 is 0. The van der Waals surface area contributed by atoms with Crippen molar-refractivity contribution in [1.29, 1.82) is 0 Å². The van der Waals surface area contributed by atoms with E-state index in [2.05, 4.69) is 48.4 Å². The lowest BCUT2D eigenvalue weighted by Crippen LogP contribution is -2.41. The number of carbonyl (C=O) groups is 2. The van der Waals surface area contributed by atoms with Crippen molar-refractivity contribution in [2.24, 2.45) is 0 Å². The summed E-state index contributed by atoms with van der Waals surface area (Å²) in [6.45, 7) is 6.06. The second-order valence-electron chi connectivity index (χ2n) is 22.7. The summed E-state index contributed by atoms with van der Waals surface area (Å²) in [4.78, 5) is 25.7. The highest BCUT2D eigenvalue weighted by molar-refractivity contribution is 5.99. The molecule has 0 aromatic heterocycles. The van der Waals surface area contributed by atoms with Crippen molar-refractivity contribution in [3.05, 3.63) is 130 Å². The van der Waals surface area contributed by atoms with Crippen LogP contribution >= 0.6 is 0 Å². The summed E-state index contributed by atoms with van der Waals surface area (Å²) in [5, 5.41) is 0. The van der Waals surface area contributed by atoms with Crippen molar-refractivity contribution in [1.82, 2.24) is 10.9 Å². The van der Waals surface area contributed by atoms with Crippen LogP contribution in [-0.2, 0) is 0 Å². The van der Waals surface area contributed by atoms with E-state index in [4.69, 9.17) is 9.47 Å². The number of hydrogen-bond acceptors (Lipinski definition) is 4. The summed E-state index contributed by atoms with van der Waals surface area (Å²) in [7, 11) is 0. The molecular weight excluding hydrogens is 981 g/mol. The summed E-state index contributed by atoms with van der Waals surface area (Å²) in [5.41, 5.74) is 9.20. The zero-order valence-electron chi connectivity index (χ0n) is 50.6. The van der Waals surface area contributed by atoms with Crippen molar-refractivity contribution in [2.75, 3.05) is 13.2 Å². The van der Waals surface area contributed by atoms with E-state index >= 15 is 0 Å². The Hall–Kier alpha value is -5.46. The first-order valence-electron chi connectivity index (χ1n) is 32.8. The fourth-order valence-corrected chi connectivity index (χ4v) is 10.3. The third-order valence-corrected chi connectivity index (χ3v) is 15.5. The number of hydrogen-bond donors (Lipinski definition) is 2. The third-order valence-electron chi connectivity index (χ3n) is 15.5. The molecule has 0 aliphatic heterocycles. The van der Waals surface area contributed by atoms with Crippen molar-refractivity contribution < 1.29 is 19.1 Å². The van der Waals surface area contributed by atoms with Gasteiger partial charge in [-0.15, -0.1) is 0 Å². The lowest BCUT2D eigenvalue weighted by Gasteiger charge is -2.07. The Morgan fingerprint density at radius 2 is 0.463 bits per heavy atom. The van der Waals surface area contributed by atoms with E-state index in [1.807, 2.05) is 48.5 Å². The van der Waals surface area contributed by atoms with E-state index in [1.165, 1.54) is 244 Å². The van der Waals surface area contributed by atoms with Crippen LogP contribution in [0.25, 0.3) is 0 Å². The monoisotopic (exact) mass is 1090 g/mol. The Balaban J connectivity index is 0.962. The van der Waals surface area contributed by atoms with Crippen LogP contribution in [-0.4, -0.2) is 25.0 Å². The summed E-state index contributed by atoms with van der Waals surface area (Å²) in [6.07, 6.45) is 55.3. The van der Waals surface area contributed by atoms with E-state index in [0.717, 1.165) is 59.8 Å². The number of ether oxygens (including phenoxy) is 2. The first-order chi connectivity index (χ1) is 39.5. The van der Waals surface area contributed by atoms with Crippen LogP contribution in [0.5, 0.6) is 11.5 Å². The second-order valence-corrected chi connectivity index (χ2v) is 22.7. The molecular formula is C74H108N2O4. The second kappa shape index (κ2) is 47.2. The number of hydrazine groups is 1. The van der Waals surface area contributed by atoms with Gasteiger partial charge in [-0.05, 0) is 110 Å². The largest absolute Gasteiger partial charge is 0.494 e. The van der Waals surface area contributed by atoms with Crippen LogP contribution < -0.4 is 20.3 Å². The van der Waals surface area contributed by atoms with Crippen LogP contribution in [0, 0.1) is 23.7 Å². The molecule has 0 unspecified atom stereocenters. The molecule has 0 aliphatic rings. The summed E-state index contributed by atoms with van der Waals surface area (Å²) in [5.74, 6) is 13.6. The highest BCUT2D eigenvalue weighted by atomic mass is 16.5. The maximum atomic E-state index is 12.8. The SMILES string of the molecule is CCCCCCCCCCCCCCCCCCCCCCOc1ccc(C#Cc2ccc(C(=O)NNC(=O)c3ccc(C#Cc4ccc(OCCCCCCCCCCCCCCCCCCCCCC)cc4)cc3)cc2)cc1. The Morgan fingerprint density at radius 3 is 0.675 bits per heavy atom.